The van der Waals surface area contributed by atoms with Crippen LogP contribution in [0.3, 0.4) is 0 Å². The minimum atomic E-state index is -0.517. The number of ether oxygens (including phenoxy) is 1. The monoisotopic (exact) mass is 327 g/mol. The average Bonchev–Trinajstić information content (AvgIpc) is 2.59. The molecule has 0 N–H and O–H groups in total. The first-order valence-electron chi connectivity index (χ1n) is 7.46. The van der Waals surface area contributed by atoms with Gasteiger partial charge < -0.3 is 4.74 Å². The van der Waals surface area contributed by atoms with Crippen molar-refractivity contribution in [2.75, 3.05) is 6.61 Å². The van der Waals surface area contributed by atoms with Crippen molar-refractivity contribution < 1.29 is 19.2 Å². The van der Waals surface area contributed by atoms with Gasteiger partial charge in [0.25, 0.3) is 5.69 Å². The van der Waals surface area contributed by atoms with Gasteiger partial charge in [0, 0.05) is 29.2 Å². The van der Waals surface area contributed by atoms with Crippen LogP contribution in [0, 0.1) is 17.0 Å². The molecule has 0 saturated carbocycles. The third-order valence-corrected chi connectivity index (χ3v) is 3.60. The molecule has 0 saturated heterocycles. The summed E-state index contributed by atoms with van der Waals surface area (Å²) in [7, 11) is 0. The predicted octanol–water partition coefficient (Wildman–Crippen LogP) is 3.76. The van der Waals surface area contributed by atoms with Crippen molar-refractivity contribution in [3.05, 3.63) is 69.3 Å². The average molecular weight is 327 g/mol. The van der Waals surface area contributed by atoms with Crippen LogP contribution in [0.2, 0.25) is 0 Å². The Morgan fingerprint density at radius 1 is 1.04 bits per heavy atom. The van der Waals surface area contributed by atoms with E-state index in [9.17, 15) is 19.7 Å². The second kappa shape index (κ2) is 7.50. The molecule has 0 unspecified atom stereocenters. The molecule has 0 aliphatic carbocycles. The Morgan fingerprint density at radius 3 is 2.25 bits per heavy atom. The lowest BCUT2D eigenvalue weighted by atomic mass is 10.1. The fourth-order valence-electron chi connectivity index (χ4n) is 2.15. The molecule has 2 rings (SSSR count). The summed E-state index contributed by atoms with van der Waals surface area (Å²) in [5.41, 5.74) is 1.22. The fraction of sp³-hybridized carbons (Fsp3) is 0.222. The molecule has 0 bridgehead atoms. The Kier molecular flexibility index (Phi) is 5.42. The number of benzene rings is 2. The summed E-state index contributed by atoms with van der Waals surface area (Å²) >= 11 is 0. The Labute approximate surface area is 139 Å². The molecule has 6 heteroatoms. The molecule has 2 aromatic rings. The Bertz CT molecular complexity index is 780. The number of hydrogen-bond donors (Lipinski definition) is 0. The van der Waals surface area contributed by atoms with E-state index < -0.39 is 4.92 Å². The van der Waals surface area contributed by atoms with E-state index >= 15 is 0 Å². The van der Waals surface area contributed by atoms with E-state index in [4.69, 9.17) is 4.74 Å². The number of ketones is 2. The van der Waals surface area contributed by atoms with Crippen LogP contribution in [0.5, 0.6) is 5.75 Å². The molecule has 0 heterocycles. The molecule has 24 heavy (non-hydrogen) atoms. The summed E-state index contributed by atoms with van der Waals surface area (Å²) in [4.78, 5) is 34.1. The van der Waals surface area contributed by atoms with Gasteiger partial charge in [0.1, 0.15) is 5.75 Å². The van der Waals surface area contributed by atoms with Gasteiger partial charge in [-0.15, -0.1) is 0 Å². The molecule has 0 spiro atoms. The third kappa shape index (κ3) is 4.04. The highest BCUT2D eigenvalue weighted by Crippen LogP contribution is 2.20. The number of Topliss-reactive ketones (excluding diaryl/α,β-unsaturated/α-hetero) is 2. The van der Waals surface area contributed by atoms with Crippen LogP contribution in [0.4, 0.5) is 5.69 Å². The SMILES string of the molecule is CCC(=O)c1ccc(OCC(=O)c2ccc(C)c([N+](=O)[O-])c2)cc1. The van der Waals surface area contributed by atoms with E-state index in [2.05, 4.69) is 0 Å². The number of aryl methyl sites for hydroxylation is 1. The second-order valence-electron chi connectivity index (χ2n) is 5.27. The first-order chi connectivity index (χ1) is 11.4. The van der Waals surface area contributed by atoms with E-state index in [1.165, 1.54) is 18.2 Å². The van der Waals surface area contributed by atoms with E-state index in [1.54, 1.807) is 38.1 Å². The number of hydrogen-bond acceptors (Lipinski definition) is 5. The summed E-state index contributed by atoms with van der Waals surface area (Å²) in [6, 6.07) is 10.9. The van der Waals surface area contributed by atoms with Crippen molar-refractivity contribution in [1.29, 1.82) is 0 Å². The lowest BCUT2D eigenvalue weighted by Crippen LogP contribution is -2.12. The Morgan fingerprint density at radius 2 is 1.67 bits per heavy atom. The predicted molar refractivity (Wildman–Crippen MR) is 88.7 cm³/mol. The zero-order valence-electron chi connectivity index (χ0n) is 13.4. The molecular formula is C18H17NO5. The maximum absolute atomic E-state index is 12.1. The summed E-state index contributed by atoms with van der Waals surface area (Å²) in [5, 5.41) is 10.9. The quantitative estimate of drug-likeness (QED) is 0.439. The van der Waals surface area contributed by atoms with Crippen molar-refractivity contribution in [3.8, 4) is 5.75 Å². The summed E-state index contributed by atoms with van der Waals surface area (Å²) in [5.74, 6) is 0.133. The number of nitro groups is 1. The van der Waals surface area contributed by atoms with Crippen LogP contribution >= 0.6 is 0 Å². The van der Waals surface area contributed by atoms with Crippen molar-refractivity contribution in [3.63, 3.8) is 0 Å². The molecule has 0 fully saturated rings. The van der Waals surface area contributed by atoms with Crippen LogP contribution in [-0.4, -0.2) is 23.1 Å². The van der Waals surface area contributed by atoms with Gasteiger partial charge in [-0.3, -0.25) is 19.7 Å². The highest BCUT2D eigenvalue weighted by atomic mass is 16.6. The van der Waals surface area contributed by atoms with Crippen LogP contribution in [0.25, 0.3) is 0 Å². The maximum Gasteiger partial charge on any atom is 0.273 e. The first-order valence-corrected chi connectivity index (χ1v) is 7.46. The standard InChI is InChI=1S/C18H17NO5/c1-3-17(20)13-6-8-15(9-7-13)24-11-18(21)14-5-4-12(2)16(10-14)19(22)23/h4-10H,3,11H2,1-2H3. The molecule has 0 aromatic heterocycles. The third-order valence-electron chi connectivity index (χ3n) is 3.60. The molecule has 0 aliphatic heterocycles. The lowest BCUT2D eigenvalue weighted by molar-refractivity contribution is -0.385. The molecule has 0 amide bonds. The van der Waals surface area contributed by atoms with Gasteiger partial charge in [0.05, 0.1) is 4.92 Å². The maximum atomic E-state index is 12.1. The zero-order chi connectivity index (χ0) is 17.7. The Hall–Kier alpha value is -3.02. The number of nitro benzene ring substituents is 1. The summed E-state index contributed by atoms with van der Waals surface area (Å²) in [6.45, 7) is 3.16. The van der Waals surface area contributed by atoms with Gasteiger partial charge in [-0.05, 0) is 31.2 Å². The van der Waals surface area contributed by atoms with Crippen LogP contribution in [-0.2, 0) is 0 Å². The second-order valence-corrected chi connectivity index (χ2v) is 5.27. The number of nitrogens with zero attached hydrogens (tertiary/aromatic N) is 1. The van der Waals surface area contributed by atoms with Gasteiger partial charge in [-0.2, -0.15) is 0 Å². The van der Waals surface area contributed by atoms with E-state index in [0.717, 1.165) is 0 Å². The number of carbonyl (C=O) groups excluding carboxylic acids is 2. The number of carbonyl (C=O) groups is 2. The topological polar surface area (TPSA) is 86.5 Å². The molecule has 124 valence electrons. The van der Waals surface area contributed by atoms with Gasteiger partial charge in [-0.25, -0.2) is 0 Å². The smallest absolute Gasteiger partial charge is 0.273 e. The minimum absolute atomic E-state index is 0.0320. The van der Waals surface area contributed by atoms with Crippen LogP contribution in [0.15, 0.2) is 42.5 Å². The van der Waals surface area contributed by atoms with Gasteiger partial charge in [0.15, 0.2) is 18.2 Å². The number of rotatable bonds is 7. The molecule has 0 radical (unpaired) electrons. The van der Waals surface area contributed by atoms with Crippen molar-refractivity contribution in [2.45, 2.75) is 20.3 Å². The van der Waals surface area contributed by atoms with E-state index in [-0.39, 0.29) is 29.4 Å². The van der Waals surface area contributed by atoms with Crippen LogP contribution in [0.1, 0.15) is 39.6 Å². The molecule has 6 nitrogen and oxygen atoms in total. The molecule has 0 aliphatic rings. The zero-order valence-corrected chi connectivity index (χ0v) is 13.4. The summed E-state index contributed by atoms with van der Waals surface area (Å²) < 4.78 is 5.39. The van der Waals surface area contributed by atoms with E-state index in [0.29, 0.717) is 23.3 Å². The highest BCUT2D eigenvalue weighted by molar-refractivity contribution is 5.98. The lowest BCUT2D eigenvalue weighted by Gasteiger charge is -2.07. The fourth-order valence-corrected chi connectivity index (χ4v) is 2.15. The summed E-state index contributed by atoms with van der Waals surface area (Å²) in [6.07, 6.45) is 0.422. The molecule has 0 atom stereocenters. The normalized spacial score (nSPS) is 10.2. The highest BCUT2D eigenvalue weighted by Gasteiger charge is 2.15. The van der Waals surface area contributed by atoms with Gasteiger partial charge in [0.2, 0.25) is 0 Å². The molecule has 2 aromatic carbocycles. The van der Waals surface area contributed by atoms with Crippen molar-refractivity contribution in [2.24, 2.45) is 0 Å². The van der Waals surface area contributed by atoms with E-state index in [1.807, 2.05) is 0 Å². The van der Waals surface area contributed by atoms with Gasteiger partial charge in [-0.1, -0.05) is 19.1 Å². The van der Waals surface area contributed by atoms with Crippen molar-refractivity contribution >= 4 is 17.3 Å². The van der Waals surface area contributed by atoms with Crippen molar-refractivity contribution in [1.82, 2.24) is 0 Å². The molecular weight excluding hydrogens is 310 g/mol. The Balaban J connectivity index is 2.04. The van der Waals surface area contributed by atoms with Crippen LogP contribution < -0.4 is 4.74 Å². The first kappa shape index (κ1) is 17.3. The van der Waals surface area contributed by atoms with Gasteiger partial charge >= 0.3 is 0 Å². The largest absolute Gasteiger partial charge is 0.485 e. The minimum Gasteiger partial charge on any atom is -0.485 e.